The van der Waals surface area contributed by atoms with Gasteiger partial charge in [0.05, 0.1) is 17.7 Å². The third-order valence-corrected chi connectivity index (χ3v) is 7.69. The largest absolute Gasteiger partial charge is 0.465 e. The second-order valence-corrected chi connectivity index (χ2v) is 10.2. The molecule has 0 aliphatic heterocycles. The Hall–Kier alpha value is -4.40. The zero-order chi connectivity index (χ0) is 28.0. The van der Waals surface area contributed by atoms with E-state index < -0.39 is 38.0 Å². The molecular weight excluding hydrogens is 526 g/mol. The number of nitro benzene ring substituents is 1. The summed E-state index contributed by atoms with van der Waals surface area (Å²) in [6.07, 6.45) is 3.41. The molecule has 0 saturated heterocycles. The quantitative estimate of drug-likeness (QED) is 0.151. The second-order valence-electron chi connectivity index (χ2n) is 8.34. The van der Waals surface area contributed by atoms with Crippen LogP contribution in [0.2, 0.25) is 0 Å². The summed E-state index contributed by atoms with van der Waals surface area (Å²) in [4.78, 5) is 27.0. The van der Waals surface area contributed by atoms with Crippen LogP contribution >= 0.6 is 0 Å². The Balaban J connectivity index is 1.57. The van der Waals surface area contributed by atoms with Crippen LogP contribution in [0.5, 0.6) is 0 Å². The van der Waals surface area contributed by atoms with Crippen LogP contribution in [0.15, 0.2) is 71.9 Å². The number of nitro groups is 1. The van der Waals surface area contributed by atoms with E-state index in [1.54, 1.807) is 29.9 Å². The number of hydrogen-bond donors (Lipinski definition) is 2. The highest BCUT2D eigenvalue weighted by atomic mass is 32.2. The Morgan fingerprint density at radius 1 is 1.21 bits per heavy atom. The summed E-state index contributed by atoms with van der Waals surface area (Å²) in [6, 6.07) is 14.4. The highest BCUT2D eigenvalue weighted by molar-refractivity contribution is 7.89. The summed E-state index contributed by atoms with van der Waals surface area (Å²) in [5.74, 6) is -0.332. The van der Waals surface area contributed by atoms with Gasteiger partial charge in [0.1, 0.15) is 12.4 Å². The van der Waals surface area contributed by atoms with Gasteiger partial charge in [-0.05, 0) is 36.2 Å². The van der Waals surface area contributed by atoms with Gasteiger partial charge in [-0.2, -0.15) is 9.40 Å². The molecule has 2 heterocycles. The molecule has 0 amide bonds. The zero-order valence-electron chi connectivity index (χ0n) is 21.1. The molecule has 4 aromatic rings. The predicted molar refractivity (Wildman–Crippen MR) is 143 cm³/mol. The molecule has 4 rings (SSSR count). The van der Waals surface area contributed by atoms with Crippen molar-refractivity contribution in [3.63, 3.8) is 0 Å². The van der Waals surface area contributed by atoms with Crippen molar-refractivity contribution in [1.29, 1.82) is 0 Å². The van der Waals surface area contributed by atoms with Crippen LogP contribution in [0.4, 0.5) is 11.5 Å². The van der Waals surface area contributed by atoms with Crippen molar-refractivity contribution in [2.45, 2.75) is 18.4 Å². The van der Waals surface area contributed by atoms with Crippen molar-refractivity contribution >= 4 is 33.1 Å². The van der Waals surface area contributed by atoms with E-state index in [1.807, 2.05) is 24.3 Å². The minimum Gasteiger partial charge on any atom is -0.465 e. The van der Waals surface area contributed by atoms with Crippen LogP contribution < -0.4 is 11.1 Å². The minimum atomic E-state index is -4.41. The molecule has 204 valence electrons. The van der Waals surface area contributed by atoms with Crippen LogP contribution in [0.1, 0.15) is 12.5 Å². The van der Waals surface area contributed by atoms with Gasteiger partial charge in [-0.25, -0.2) is 17.9 Å². The van der Waals surface area contributed by atoms with Crippen molar-refractivity contribution in [2.24, 2.45) is 5.73 Å². The first-order valence-corrected chi connectivity index (χ1v) is 13.5. The molecule has 39 heavy (non-hydrogen) atoms. The molecule has 0 spiro atoms. The number of rotatable bonds is 12. The number of benzene rings is 2. The average Bonchev–Trinajstić information content (AvgIpc) is 3.36. The molecule has 2 aromatic carbocycles. The number of nitrogens with one attached hydrogen (secondary N) is 1. The van der Waals surface area contributed by atoms with Gasteiger partial charge in [0.15, 0.2) is 10.5 Å². The predicted octanol–water partition coefficient (Wildman–Crippen LogP) is 2.43. The number of para-hydroxylation sites is 1. The molecule has 0 unspecified atom stereocenters. The van der Waals surface area contributed by atoms with E-state index in [4.69, 9.17) is 10.5 Å². The lowest BCUT2D eigenvalue weighted by atomic mass is 10.1. The standard InChI is InChI=1S/C25H27N7O6S/c1-2-38-24(33)17-30(39(36,37)22-9-4-3-8-21(22)32(34)35)13-11-27-23-10-12-31-25(29-23)20(16-28-31)19-7-5-6-18(14-19)15-26/h3-10,12,14,16H,2,11,13,15,17,26H2,1H3,(H,27,29). The number of fused-ring (bicyclic) bond motifs is 1. The highest BCUT2D eigenvalue weighted by Gasteiger charge is 2.32. The normalized spacial score (nSPS) is 11.6. The maximum atomic E-state index is 13.4. The zero-order valence-corrected chi connectivity index (χ0v) is 21.9. The third kappa shape index (κ3) is 6.19. The smallest absolute Gasteiger partial charge is 0.321 e. The molecule has 0 aliphatic carbocycles. The lowest BCUT2D eigenvalue weighted by Gasteiger charge is -2.21. The average molecular weight is 554 g/mol. The molecule has 3 N–H and O–H groups in total. The summed E-state index contributed by atoms with van der Waals surface area (Å²) >= 11 is 0. The number of carbonyl (C=O) groups is 1. The fourth-order valence-corrected chi connectivity index (χ4v) is 5.49. The number of aromatic nitrogens is 3. The van der Waals surface area contributed by atoms with E-state index >= 15 is 0 Å². The number of hydrogen-bond acceptors (Lipinski definition) is 10. The van der Waals surface area contributed by atoms with E-state index in [-0.39, 0.29) is 19.7 Å². The van der Waals surface area contributed by atoms with E-state index in [2.05, 4.69) is 15.4 Å². The number of esters is 1. The first-order chi connectivity index (χ1) is 18.7. The first kappa shape index (κ1) is 27.6. The molecule has 0 aliphatic rings. The number of carbonyl (C=O) groups excluding carboxylic acids is 1. The molecule has 0 atom stereocenters. The summed E-state index contributed by atoms with van der Waals surface area (Å²) in [5, 5.41) is 18.9. The van der Waals surface area contributed by atoms with Crippen LogP contribution in [0.3, 0.4) is 0 Å². The number of anilines is 1. The lowest BCUT2D eigenvalue weighted by Crippen LogP contribution is -2.39. The van der Waals surface area contributed by atoms with Gasteiger partial charge in [-0.3, -0.25) is 14.9 Å². The minimum absolute atomic E-state index is 0.0502. The van der Waals surface area contributed by atoms with Crippen LogP contribution in [-0.2, 0) is 26.1 Å². The van der Waals surface area contributed by atoms with Crippen molar-refractivity contribution in [2.75, 3.05) is 31.6 Å². The maximum absolute atomic E-state index is 13.4. The van der Waals surface area contributed by atoms with Crippen molar-refractivity contribution in [3.05, 3.63) is 82.7 Å². The Morgan fingerprint density at radius 2 is 2.00 bits per heavy atom. The van der Waals surface area contributed by atoms with Crippen LogP contribution in [0.25, 0.3) is 16.8 Å². The molecule has 14 heteroatoms. The number of ether oxygens (including phenoxy) is 1. The van der Waals surface area contributed by atoms with Gasteiger partial charge in [0.2, 0.25) is 0 Å². The molecule has 0 fully saturated rings. The second kappa shape index (κ2) is 12.0. The molecule has 2 aromatic heterocycles. The Labute approximate surface area is 224 Å². The van der Waals surface area contributed by atoms with Gasteiger partial charge in [0, 0.05) is 37.5 Å². The Morgan fingerprint density at radius 3 is 2.74 bits per heavy atom. The molecule has 13 nitrogen and oxygen atoms in total. The van der Waals surface area contributed by atoms with Crippen molar-refractivity contribution < 1.29 is 22.9 Å². The van der Waals surface area contributed by atoms with Crippen molar-refractivity contribution in [1.82, 2.24) is 18.9 Å². The lowest BCUT2D eigenvalue weighted by molar-refractivity contribution is -0.387. The Kier molecular flexibility index (Phi) is 8.49. The summed E-state index contributed by atoms with van der Waals surface area (Å²) in [5.41, 5.74) is 8.41. The fraction of sp³-hybridized carbons (Fsp3) is 0.240. The van der Waals surface area contributed by atoms with Gasteiger partial charge in [-0.1, -0.05) is 30.3 Å². The monoisotopic (exact) mass is 553 g/mol. The van der Waals surface area contributed by atoms with Gasteiger partial charge in [-0.15, -0.1) is 0 Å². The fourth-order valence-electron chi connectivity index (χ4n) is 3.95. The van der Waals surface area contributed by atoms with Gasteiger partial charge in [0.25, 0.3) is 15.7 Å². The van der Waals surface area contributed by atoms with E-state index in [1.165, 1.54) is 12.1 Å². The Bertz CT molecular complexity index is 1610. The first-order valence-electron chi connectivity index (χ1n) is 12.0. The molecule has 0 saturated carbocycles. The third-order valence-electron chi connectivity index (χ3n) is 5.80. The van der Waals surface area contributed by atoms with Crippen molar-refractivity contribution in [3.8, 4) is 11.1 Å². The molecule has 0 radical (unpaired) electrons. The maximum Gasteiger partial charge on any atom is 0.321 e. The van der Waals surface area contributed by atoms with Gasteiger partial charge >= 0.3 is 5.97 Å². The van der Waals surface area contributed by atoms with Crippen LogP contribution in [-0.4, -0.2) is 64.5 Å². The van der Waals surface area contributed by atoms with E-state index in [0.29, 0.717) is 18.0 Å². The van der Waals surface area contributed by atoms with E-state index in [0.717, 1.165) is 33.1 Å². The topological polar surface area (TPSA) is 175 Å². The summed E-state index contributed by atoms with van der Waals surface area (Å²) < 4.78 is 34.2. The van der Waals surface area contributed by atoms with Gasteiger partial charge < -0.3 is 15.8 Å². The SMILES string of the molecule is CCOC(=O)CN(CCNc1ccn2ncc(-c3cccc(CN)c3)c2n1)S(=O)(=O)c1ccccc1[N+](=O)[O-]. The van der Waals surface area contributed by atoms with E-state index in [9.17, 15) is 23.3 Å². The summed E-state index contributed by atoms with van der Waals surface area (Å²) in [7, 11) is -4.41. The number of nitrogens with two attached hydrogens (primary N) is 1. The number of sulfonamides is 1. The summed E-state index contributed by atoms with van der Waals surface area (Å²) in [6.45, 7) is 1.30. The number of nitrogens with zero attached hydrogens (tertiary/aromatic N) is 5. The highest BCUT2D eigenvalue weighted by Crippen LogP contribution is 2.27. The van der Waals surface area contributed by atoms with Crippen LogP contribution in [0, 0.1) is 10.1 Å². The molecule has 0 bridgehead atoms. The molecular formula is C25H27N7O6S.